The summed E-state index contributed by atoms with van der Waals surface area (Å²) >= 11 is 9.02. The molecule has 1 amide bonds. The SMILES string of the molecule is C#CCNC(=O)CSc1nc2sc3c(c2c(=O)n1-c1cc(Cl)ccc1OC)CCC(C)C3. The van der Waals surface area contributed by atoms with Crippen molar-refractivity contribution in [3.05, 3.63) is 44.0 Å². The third-order valence-corrected chi connectivity index (χ3v) is 7.72. The summed E-state index contributed by atoms with van der Waals surface area (Å²) in [5, 5.41) is 4.17. The molecular weight excluding hydrogens is 466 g/mol. The number of terminal acetylenes is 1. The maximum absolute atomic E-state index is 13.9. The van der Waals surface area contributed by atoms with Crippen molar-refractivity contribution in [2.24, 2.45) is 5.92 Å². The number of benzene rings is 1. The predicted molar refractivity (Wildman–Crippen MR) is 131 cm³/mol. The summed E-state index contributed by atoms with van der Waals surface area (Å²) in [6.45, 7) is 2.38. The number of nitrogens with zero attached hydrogens (tertiary/aromatic N) is 2. The van der Waals surface area contributed by atoms with Gasteiger partial charge in [-0.3, -0.25) is 14.2 Å². The fourth-order valence-electron chi connectivity index (χ4n) is 3.85. The zero-order chi connectivity index (χ0) is 22.8. The summed E-state index contributed by atoms with van der Waals surface area (Å²) in [5.41, 5.74) is 1.42. The maximum atomic E-state index is 13.9. The average molecular weight is 488 g/mol. The van der Waals surface area contributed by atoms with Crippen molar-refractivity contribution < 1.29 is 9.53 Å². The molecule has 0 radical (unpaired) electrons. The van der Waals surface area contributed by atoms with Crippen molar-refractivity contribution in [2.45, 2.75) is 31.3 Å². The highest BCUT2D eigenvalue weighted by Gasteiger charge is 2.26. The molecule has 0 bridgehead atoms. The monoisotopic (exact) mass is 487 g/mol. The van der Waals surface area contributed by atoms with Crippen LogP contribution in [0.5, 0.6) is 5.75 Å². The molecule has 9 heteroatoms. The number of ether oxygens (including phenoxy) is 1. The van der Waals surface area contributed by atoms with Gasteiger partial charge in [0, 0.05) is 9.90 Å². The topological polar surface area (TPSA) is 73.2 Å². The van der Waals surface area contributed by atoms with E-state index in [9.17, 15) is 9.59 Å². The Morgan fingerprint density at radius 3 is 3.06 bits per heavy atom. The molecule has 1 atom stereocenters. The van der Waals surface area contributed by atoms with Gasteiger partial charge in [0.1, 0.15) is 10.6 Å². The number of aryl methyl sites for hydroxylation is 1. The van der Waals surface area contributed by atoms with E-state index in [0.29, 0.717) is 37.8 Å². The summed E-state index contributed by atoms with van der Waals surface area (Å²) in [4.78, 5) is 32.8. The number of thiophene rings is 1. The number of hydrogen-bond donors (Lipinski definition) is 1. The predicted octanol–water partition coefficient (Wildman–Crippen LogP) is 4.08. The van der Waals surface area contributed by atoms with Crippen LogP contribution in [0.3, 0.4) is 0 Å². The Balaban J connectivity index is 1.90. The Labute approximate surface area is 199 Å². The summed E-state index contributed by atoms with van der Waals surface area (Å²) < 4.78 is 7.02. The van der Waals surface area contributed by atoms with Gasteiger partial charge in [0.05, 0.1) is 30.5 Å². The fraction of sp³-hybridized carbons (Fsp3) is 0.348. The van der Waals surface area contributed by atoms with Gasteiger partial charge in [-0.2, -0.15) is 0 Å². The zero-order valence-electron chi connectivity index (χ0n) is 17.7. The minimum absolute atomic E-state index is 0.0740. The number of rotatable bonds is 6. The molecule has 0 aliphatic heterocycles. The maximum Gasteiger partial charge on any atom is 0.267 e. The van der Waals surface area contributed by atoms with E-state index in [-0.39, 0.29) is 23.8 Å². The molecule has 1 unspecified atom stereocenters. The number of fused-ring (bicyclic) bond motifs is 3. The highest BCUT2D eigenvalue weighted by Crippen LogP contribution is 2.37. The quantitative estimate of drug-likeness (QED) is 0.322. The van der Waals surface area contributed by atoms with Crippen LogP contribution in [0.4, 0.5) is 0 Å². The minimum Gasteiger partial charge on any atom is -0.495 e. The summed E-state index contributed by atoms with van der Waals surface area (Å²) in [5.74, 6) is 3.30. The highest BCUT2D eigenvalue weighted by molar-refractivity contribution is 7.99. The lowest BCUT2D eigenvalue weighted by Gasteiger charge is -2.18. The molecule has 32 heavy (non-hydrogen) atoms. The number of aromatic nitrogens is 2. The van der Waals surface area contributed by atoms with E-state index in [0.717, 1.165) is 24.8 Å². The van der Waals surface area contributed by atoms with Crippen LogP contribution in [0.25, 0.3) is 15.9 Å². The molecule has 0 saturated carbocycles. The van der Waals surface area contributed by atoms with Gasteiger partial charge in [-0.15, -0.1) is 17.8 Å². The van der Waals surface area contributed by atoms with Crippen molar-refractivity contribution in [1.82, 2.24) is 14.9 Å². The Kier molecular flexibility index (Phi) is 6.79. The molecule has 6 nitrogen and oxygen atoms in total. The molecule has 1 N–H and O–H groups in total. The van der Waals surface area contributed by atoms with Crippen LogP contribution < -0.4 is 15.6 Å². The summed E-state index contributed by atoms with van der Waals surface area (Å²) in [7, 11) is 1.54. The van der Waals surface area contributed by atoms with Crippen LogP contribution in [-0.2, 0) is 17.6 Å². The number of carbonyl (C=O) groups excluding carboxylic acids is 1. The van der Waals surface area contributed by atoms with E-state index >= 15 is 0 Å². The number of methoxy groups -OCH3 is 1. The van der Waals surface area contributed by atoms with Crippen LogP contribution in [0.15, 0.2) is 28.2 Å². The van der Waals surface area contributed by atoms with Crippen LogP contribution >= 0.6 is 34.7 Å². The van der Waals surface area contributed by atoms with Crippen molar-refractivity contribution in [3.63, 3.8) is 0 Å². The first-order valence-corrected chi connectivity index (χ1v) is 12.3. The smallest absolute Gasteiger partial charge is 0.267 e. The van der Waals surface area contributed by atoms with Crippen LogP contribution in [-0.4, -0.2) is 34.9 Å². The van der Waals surface area contributed by atoms with Gasteiger partial charge >= 0.3 is 0 Å². The largest absolute Gasteiger partial charge is 0.495 e. The third-order valence-electron chi connectivity index (χ3n) is 5.40. The van der Waals surface area contributed by atoms with Gasteiger partial charge < -0.3 is 10.1 Å². The fourth-order valence-corrected chi connectivity index (χ4v) is 6.27. The molecule has 0 saturated heterocycles. The molecule has 166 valence electrons. The number of carbonyl (C=O) groups is 1. The Morgan fingerprint density at radius 2 is 2.31 bits per heavy atom. The molecule has 2 aromatic heterocycles. The zero-order valence-corrected chi connectivity index (χ0v) is 20.1. The van der Waals surface area contributed by atoms with Crippen molar-refractivity contribution in [2.75, 3.05) is 19.4 Å². The lowest BCUT2D eigenvalue weighted by molar-refractivity contribution is -0.118. The number of halogens is 1. The number of nitrogens with one attached hydrogen (secondary N) is 1. The third kappa shape index (κ3) is 4.38. The number of amides is 1. The Bertz CT molecular complexity index is 1290. The second kappa shape index (κ2) is 9.57. The van der Waals surface area contributed by atoms with Crippen molar-refractivity contribution in [3.8, 4) is 23.8 Å². The molecule has 1 aliphatic carbocycles. The number of hydrogen-bond acceptors (Lipinski definition) is 6. The normalized spacial score (nSPS) is 15.2. The average Bonchev–Trinajstić information content (AvgIpc) is 3.13. The highest BCUT2D eigenvalue weighted by atomic mass is 35.5. The standard InChI is InChI=1S/C23H22ClN3O3S2/c1-4-9-25-19(28)12-31-23-26-21-20(15-7-5-13(2)10-18(15)32-21)22(29)27(23)16-11-14(24)6-8-17(16)30-3/h1,6,8,11,13H,5,7,9-10,12H2,2-3H3,(H,25,28). The van der Waals surface area contributed by atoms with Crippen molar-refractivity contribution >= 4 is 50.8 Å². The first-order valence-electron chi connectivity index (χ1n) is 10.2. The summed E-state index contributed by atoms with van der Waals surface area (Å²) in [6, 6.07) is 5.10. The molecule has 1 aromatic carbocycles. The van der Waals surface area contributed by atoms with E-state index in [1.165, 1.54) is 28.3 Å². The lowest BCUT2D eigenvalue weighted by Crippen LogP contribution is -2.27. The molecule has 2 heterocycles. The first kappa shape index (κ1) is 22.7. The molecule has 4 rings (SSSR count). The van der Waals surface area contributed by atoms with Gasteiger partial charge in [0.15, 0.2) is 5.16 Å². The van der Waals surface area contributed by atoms with E-state index in [1.807, 2.05) is 0 Å². The van der Waals surface area contributed by atoms with E-state index < -0.39 is 0 Å². The van der Waals surface area contributed by atoms with Crippen LogP contribution in [0, 0.1) is 18.3 Å². The molecular formula is C23H22ClN3O3S2. The molecule has 0 spiro atoms. The molecule has 1 aliphatic rings. The Hall–Kier alpha value is -2.47. The minimum atomic E-state index is -0.230. The van der Waals surface area contributed by atoms with Crippen LogP contribution in [0.1, 0.15) is 23.8 Å². The molecule has 0 fully saturated rings. The lowest BCUT2D eigenvalue weighted by atomic mass is 9.89. The van der Waals surface area contributed by atoms with E-state index in [1.54, 1.807) is 29.5 Å². The summed E-state index contributed by atoms with van der Waals surface area (Å²) in [6.07, 6.45) is 8.08. The Morgan fingerprint density at radius 1 is 1.50 bits per heavy atom. The first-order chi connectivity index (χ1) is 15.4. The number of thioether (sulfide) groups is 1. The second-order valence-corrected chi connectivity index (χ2v) is 10.1. The van der Waals surface area contributed by atoms with Crippen molar-refractivity contribution in [1.29, 1.82) is 0 Å². The molecule has 3 aromatic rings. The van der Waals surface area contributed by atoms with Gasteiger partial charge in [0.25, 0.3) is 5.56 Å². The van der Waals surface area contributed by atoms with Crippen LogP contribution in [0.2, 0.25) is 5.02 Å². The van der Waals surface area contributed by atoms with Gasteiger partial charge in [-0.05, 0) is 48.9 Å². The van der Waals surface area contributed by atoms with Gasteiger partial charge in [-0.25, -0.2) is 4.98 Å². The van der Waals surface area contributed by atoms with Gasteiger partial charge in [-0.1, -0.05) is 36.2 Å². The van der Waals surface area contributed by atoms with Gasteiger partial charge in [0.2, 0.25) is 5.91 Å². The van der Waals surface area contributed by atoms with E-state index in [2.05, 4.69) is 18.2 Å². The van der Waals surface area contributed by atoms with E-state index in [4.69, 9.17) is 27.7 Å². The second-order valence-electron chi connectivity index (χ2n) is 7.65.